The summed E-state index contributed by atoms with van der Waals surface area (Å²) in [5.41, 5.74) is 1.24. The van der Waals surface area contributed by atoms with Gasteiger partial charge in [0.15, 0.2) is 11.1 Å². The number of hydrogen-bond donors (Lipinski definition) is 1. The molecule has 1 amide bonds. The maximum atomic E-state index is 12.9. The minimum Gasteiger partial charge on any atom is -0.338 e. The standard InChI is InChI=1S/C15H19NO5S/c1-2-3-7-16-13-6-5-11(22(18)19)10-12(13)15(14(16)17)20-8-4-9-21-15/h5-6,10H,2-4,7-9H2,1H3,(H,18,19). The van der Waals surface area contributed by atoms with Crippen molar-refractivity contribution in [2.75, 3.05) is 24.7 Å². The van der Waals surface area contributed by atoms with Crippen LogP contribution in [0.25, 0.3) is 0 Å². The summed E-state index contributed by atoms with van der Waals surface area (Å²) >= 11 is -2.11. The first-order chi connectivity index (χ1) is 10.6. The van der Waals surface area contributed by atoms with Gasteiger partial charge in [0.05, 0.1) is 23.8 Å². The second-order valence-electron chi connectivity index (χ2n) is 5.41. The predicted octanol–water partition coefficient (Wildman–Crippen LogP) is 2.00. The Morgan fingerprint density at radius 1 is 1.36 bits per heavy atom. The number of nitrogens with zero attached hydrogens (tertiary/aromatic N) is 1. The zero-order valence-corrected chi connectivity index (χ0v) is 13.2. The predicted molar refractivity (Wildman–Crippen MR) is 80.9 cm³/mol. The third-order valence-corrected chi connectivity index (χ3v) is 4.63. The zero-order valence-electron chi connectivity index (χ0n) is 12.4. The van der Waals surface area contributed by atoms with E-state index in [0.717, 1.165) is 19.3 Å². The molecule has 1 spiro atoms. The molecule has 0 aromatic heterocycles. The fourth-order valence-corrected chi connectivity index (χ4v) is 3.28. The van der Waals surface area contributed by atoms with Crippen molar-refractivity contribution < 1.29 is 23.0 Å². The van der Waals surface area contributed by atoms with Gasteiger partial charge in [-0.25, -0.2) is 4.21 Å². The maximum Gasteiger partial charge on any atom is 0.292 e. The van der Waals surface area contributed by atoms with Crippen LogP contribution >= 0.6 is 0 Å². The number of fused-ring (bicyclic) bond motifs is 2. The summed E-state index contributed by atoms with van der Waals surface area (Å²) in [7, 11) is 0. The van der Waals surface area contributed by atoms with E-state index in [0.29, 0.717) is 31.0 Å². The van der Waals surface area contributed by atoms with E-state index in [9.17, 15) is 13.6 Å². The van der Waals surface area contributed by atoms with Gasteiger partial charge in [0, 0.05) is 12.1 Å². The summed E-state index contributed by atoms with van der Waals surface area (Å²) in [5.74, 6) is -1.69. The van der Waals surface area contributed by atoms with E-state index < -0.39 is 16.9 Å². The lowest BCUT2D eigenvalue weighted by Crippen LogP contribution is -2.47. The first kappa shape index (κ1) is 15.6. The van der Waals surface area contributed by atoms with Crippen LogP contribution in [-0.4, -0.2) is 34.4 Å². The van der Waals surface area contributed by atoms with Crippen LogP contribution in [0.15, 0.2) is 23.1 Å². The molecule has 2 aliphatic heterocycles. The molecule has 1 atom stereocenters. The van der Waals surface area contributed by atoms with Crippen molar-refractivity contribution in [3.63, 3.8) is 0 Å². The average Bonchev–Trinajstić information content (AvgIpc) is 2.75. The zero-order chi connectivity index (χ0) is 15.7. The lowest BCUT2D eigenvalue weighted by Gasteiger charge is -2.32. The number of ether oxygens (including phenoxy) is 2. The van der Waals surface area contributed by atoms with Crippen molar-refractivity contribution in [1.82, 2.24) is 0 Å². The van der Waals surface area contributed by atoms with E-state index in [2.05, 4.69) is 6.92 Å². The SMILES string of the molecule is CCCCN1C(=O)C2(OCCCO2)c2cc(S(=O)O)ccc21. The summed E-state index contributed by atoms with van der Waals surface area (Å²) in [4.78, 5) is 14.8. The molecule has 1 saturated heterocycles. The van der Waals surface area contributed by atoms with E-state index in [-0.39, 0.29) is 10.8 Å². The summed E-state index contributed by atoms with van der Waals surface area (Å²) < 4.78 is 32.1. The molecule has 6 nitrogen and oxygen atoms in total. The number of carbonyl (C=O) groups excluding carboxylic acids is 1. The van der Waals surface area contributed by atoms with E-state index >= 15 is 0 Å². The van der Waals surface area contributed by atoms with Crippen LogP contribution in [0.3, 0.4) is 0 Å². The highest BCUT2D eigenvalue weighted by Crippen LogP contribution is 2.45. The smallest absolute Gasteiger partial charge is 0.292 e. The van der Waals surface area contributed by atoms with Crippen LogP contribution in [0.1, 0.15) is 31.7 Å². The van der Waals surface area contributed by atoms with Crippen LogP contribution < -0.4 is 4.90 Å². The van der Waals surface area contributed by atoms with E-state index in [1.807, 2.05) is 0 Å². The van der Waals surface area contributed by atoms with Crippen LogP contribution in [0, 0.1) is 0 Å². The second-order valence-corrected chi connectivity index (χ2v) is 6.38. The van der Waals surface area contributed by atoms with Gasteiger partial charge in [-0.1, -0.05) is 13.3 Å². The molecule has 2 heterocycles. The first-order valence-corrected chi connectivity index (χ1v) is 8.56. The van der Waals surface area contributed by atoms with Crippen LogP contribution in [0.4, 0.5) is 5.69 Å². The molecule has 0 bridgehead atoms. The van der Waals surface area contributed by atoms with Crippen LogP contribution in [0.5, 0.6) is 0 Å². The Balaban J connectivity index is 2.08. The van der Waals surface area contributed by atoms with Gasteiger partial charge in [0.25, 0.3) is 11.7 Å². The van der Waals surface area contributed by atoms with Crippen molar-refractivity contribution in [3.8, 4) is 0 Å². The molecule has 3 rings (SSSR count). The molecular formula is C15H19NO5S. The molecule has 1 fully saturated rings. The van der Waals surface area contributed by atoms with Gasteiger partial charge in [-0.3, -0.25) is 4.79 Å². The van der Waals surface area contributed by atoms with Crippen molar-refractivity contribution >= 4 is 22.7 Å². The van der Waals surface area contributed by atoms with Crippen molar-refractivity contribution in [3.05, 3.63) is 23.8 Å². The number of benzene rings is 1. The minimum atomic E-state index is -2.11. The third kappa shape index (κ3) is 2.38. The van der Waals surface area contributed by atoms with Gasteiger partial charge >= 0.3 is 0 Å². The molecule has 7 heteroatoms. The lowest BCUT2D eigenvalue weighted by atomic mass is 10.1. The summed E-state index contributed by atoms with van der Waals surface area (Å²) in [5, 5.41) is 0. The monoisotopic (exact) mass is 325 g/mol. The Morgan fingerprint density at radius 3 is 2.73 bits per heavy atom. The Bertz CT molecular complexity index is 612. The van der Waals surface area contributed by atoms with E-state index in [1.54, 1.807) is 23.1 Å². The van der Waals surface area contributed by atoms with Gasteiger partial charge in [-0.05, 0) is 31.0 Å². The Kier molecular flexibility index (Phi) is 4.31. The highest BCUT2D eigenvalue weighted by Gasteiger charge is 2.54. The molecule has 1 unspecified atom stereocenters. The summed E-state index contributed by atoms with van der Waals surface area (Å²) in [6.45, 7) is 3.50. The van der Waals surface area contributed by atoms with Crippen molar-refractivity contribution in [1.29, 1.82) is 0 Å². The normalized spacial score (nSPS) is 21.2. The molecule has 2 aliphatic rings. The molecule has 1 aromatic carbocycles. The molecule has 1 aromatic rings. The Hall–Kier alpha value is -1.28. The number of anilines is 1. The molecule has 0 radical (unpaired) electrons. The van der Waals surface area contributed by atoms with E-state index in [4.69, 9.17) is 9.47 Å². The molecule has 0 aliphatic carbocycles. The topological polar surface area (TPSA) is 76.1 Å². The summed E-state index contributed by atoms with van der Waals surface area (Å²) in [6, 6.07) is 4.80. The molecule has 1 N–H and O–H groups in total. The van der Waals surface area contributed by atoms with Crippen molar-refractivity contribution in [2.24, 2.45) is 0 Å². The van der Waals surface area contributed by atoms with Crippen molar-refractivity contribution in [2.45, 2.75) is 36.9 Å². The van der Waals surface area contributed by atoms with Gasteiger partial charge in [0.2, 0.25) is 0 Å². The van der Waals surface area contributed by atoms with Gasteiger partial charge in [-0.15, -0.1) is 0 Å². The van der Waals surface area contributed by atoms with Gasteiger partial charge < -0.3 is 18.9 Å². The Morgan fingerprint density at radius 2 is 2.09 bits per heavy atom. The van der Waals surface area contributed by atoms with Crippen LogP contribution in [-0.2, 0) is 31.1 Å². The lowest BCUT2D eigenvalue weighted by molar-refractivity contribution is -0.256. The molecule has 0 saturated carbocycles. The molecule has 22 heavy (non-hydrogen) atoms. The number of hydrogen-bond acceptors (Lipinski definition) is 4. The summed E-state index contributed by atoms with van der Waals surface area (Å²) in [6.07, 6.45) is 2.56. The number of carbonyl (C=O) groups is 1. The number of rotatable bonds is 4. The van der Waals surface area contributed by atoms with Crippen LogP contribution in [0.2, 0.25) is 0 Å². The quantitative estimate of drug-likeness (QED) is 0.857. The third-order valence-electron chi connectivity index (χ3n) is 3.98. The highest BCUT2D eigenvalue weighted by atomic mass is 32.2. The largest absolute Gasteiger partial charge is 0.338 e. The number of amides is 1. The second kappa shape index (κ2) is 6.08. The van der Waals surface area contributed by atoms with E-state index in [1.165, 1.54) is 0 Å². The molecular weight excluding hydrogens is 306 g/mol. The average molecular weight is 325 g/mol. The van der Waals surface area contributed by atoms with Gasteiger partial charge in [-0.2, -0.15) is 0 Å². The molecule has 120 valence electrons. The maximum absolute atomic E-state index is 12.9. The minimum absolute atomic E-state index is 0.237. The number of unbranched alkanes of at least 4 members (excludes halogenated alkanes) is 1. The van der Waals surface area contributed by atoms with Gasteiger partial charge in [0.1, 0.15) is 0 Å². The fraction of sp³-hybridized carbons (Fsp3) is 0.533. The highest BCUT2D eigenvalue weighted by molar-refractivity contribution is 7.79. The fourth-order valence-electron chi connectivity index (χ4n) is 2.87. The first-order valence-electron chi connectivity index (χ1n) is 7.45. The Labute approximate surface area is 131 Å².